The third-order valence-electron chi connectivity index (χ3n) is 2.37. The second-order valence-electron chi connectivity index (χ2n) is 4.37. The van der Waals surface area contributed by atoms with Gasteiger partial charge in [-0.15, -0.1) is 11.3 Å². The molecule has 86 valence electrons. The average molecular weight is 228 g/mol. The van der Waals surface area contributed by atoms with Crippen LogP contribution in [-0.4, -0.2) is 22.7 Å². The largest absolute Gasteiger partial charge is 0.396 e. The van der Waals surface area contributed by atoms with E-state index < -0.39 is 0 Å². The van der Waals surface area contributed by atoms with Crippen LogP contribution in [-0.2, 0) is 5.54 Å². The molecule has 0 amide bonds. The quantitative estimate of drug-likeness (QED) is 0.784. The number of aliphatic hydroxyl groups is 1. The number of nitrogens with one attached hydrogen (secondary N) is 1. The molecular formula is C11H20N2OS. The topological polar surface area (TPSA) is 45.1 Å². The van der Waals surface area contributed by atoms with E-state index in [1.54, 1.807) is 11.3 Å². The van der Waals surface area contributed by atoms with Gasteiger partial charge < -0.3 is 10.4 Å². The smallest absolute Gasteiger partial charge is 0.112 e. The first-order valence-corrected chi connectivity index (χ1v) is 6.23. The molecule has 0 saturated carbocycles. The highest BCUT2D eigenvalue weighted by atomic mass is 32.1. The van der Waals surface area contributed by atoms with Gasteiger partial charge in [0.25, 0.3) is 0 Å². The van der Waals surface area contributed by atoms with Crippen LogP contribution < -0.4 is 5.32 Å². The number of hydrogen-bond acceptors (Lipinski definition) is 4. The Balaban J connectivity index is 2.49. The van der Waals surface area contributed by atoms with Crippen LogP contribution in [0.5, 0.6) is 0 Å². The molecule has 1 aromatic rings. The highest BCUT2D eigenvalue weighted by Crippen LogP contribution is 2.23. The predicted molar refractivity (Wildman–Crippen MR) is 64.1 cm³/mol. The van der Waals surface area contributed by atoms with E-state index in [-0.39, 0.29) is 12.1 Å². The summed E-state index contributed by atoms with van der Waals surface area (Å²) in [6, 6.07) is 0.399. The van der Waals surface area contributed by atoms with Crippen molar-refractivity contribution in [2.24, 2.45) is 0 Å². The van der Waals surface area contributed by atoms with Gasteiger partial charge in [-0.1, -0.05) is 0 Å². The first-order valence-electron chi connectivity index (χ1n) is 5.35. The molecule has 4 heteroatoms. The fourth-order valence-electron chi connectivity index (χ4n) is 1.68. The van der Waals surface area contributed by atoms with E-state index in [9.17, 15) is 0 Å². The van der Waals surface area contributed by atoms with Crippen molar-refractivity contribution in [3.8, 4) is 0 Å². The van der Waals surface area contributed by atoms with Gasteiger partial charge in [-0.2, -0.15) is 0 Å². The van der Waals surface area contributed by atoms with Gasteiger partial charge in [-0.05, 0) is 33.6 Å². The number of aliphatic hydroxyl groups excluding tert-OH is 1. The highest BCUT2D eigenvalue weighted by molar-refractivity contribution is 7.09. The molecule has 0 fully saturated rings. The molecule has 0 saturated heterocycles. The van der Waals surface area contributed by atoms with E-state index in [1.807, 2.05) is 11.6 Å². The molecule has 0 spiro atoms. The minimum Gasteiger partial charge on any atom is -0.396 e. The van der Waals surface area contributed by atoms with E-state index in [0.717, 1.165) is 17.8 Å². The van der Waals surface area contributed by atoms with Crippen molar-refractivity contribution in [1.82, 2.24) is 10.3 Å². The Morgan fingerprint density at radius 2 is 2.33 bits per heavy atom. The lowest BCUT2D eigenvalue weighted by molar-refractivity contribution is 0.264. The molecule has 0 bridgehead atoms. The van der Waals surface area contributed by atoms with E-state index in [0.29, 0.717) is 6.04 Å². The van der Waals surface area contributed by atoms with Crippen LogP contribution in [0.25, 0.3) is 0 Å². The lowest BCUT2D eigenvalue weighted by Gasteiger charge is -2.28. The van der Waals surface area contributed by atoms with Gasteiger partial charge in [0.2, 0.25) is 0 Å². The zero-order valence-electron chi connectivity index (χ0n) is 9.66. The van der Waals surface area contributed by atoms with Crippen LogP contribution in [0.3, 0.4) is 0 Å². The maximum atomic E-state index is 8.76. The van der Waals surface area contributed by atoms with Crippen molar-refractivity contribution in [2.75, 3.05) is 6.61 Å². The van der Waals surface area contributed by atoms with Crippen molar-refractivity contribution in [1.29, 1.82) is 0 Å². The van der Waals surface area contributed by atoms with Crippen molar-refractivity contribution >= 4 is 11.3 Å². The molecule has 15 heavy (non-hydrogen) atoms. The summed E-state index contributed by atoms with van der Waals surface area (Å²) in [6.07, 6.45) is 3.68. The molecule has 2 N–H and O–H groups in total. The van der Waals surface area contributed by atoms with Crippen molar-refractivity contribution in [3.05, 3.63) is 16.6 Å². The second kappa shape index (κ2) is 5.58. The Morgan fingerprint density at radius 3 is 2.87 bits per heavy atom. The molecule has 0 aliphatic carbocycles. The number of rotatable bonds is 6. The molecule has 1 atom stereocenters. The predicted octanol–water partition coefficient (Wildman–Crippen LogP) is 2.13. The van der Waals surface area contributed by atoms with E-state index in [1.165, 1.54) is 0 Å². The maximum absolute atomic E-state index is 8.76. The van der Waals surface area contributed by atoms with Gasteiger partial charge in [0.05, 0.1) is 5.54 Å². The van der Waals surface area contributed by atoms with Gasteiger partial charge in [0, 0.05) is 24.2 Å². The van der Waals surface area contributed by atoms with Crippen LogP contribution in [0.15, 0.2) is 11.6 Å². The average Bonchev–Trinajstić information content (AvgIpc) is 2.67. The minimum atomic E-state index is -0.0803. The second-order valence-corrected chi connectivity index (χ2v) is 5.27. The summed E-state index contributed by atoms with van der Waals surface area (Å²) in [4.78, 5) is 4.33. The standard InChI is InChI=1S/C11H20N2OS/c1-9(5-4-7-14)13-11(2,3)10-12-6-8-15-10/h6,8-9,13-14H,4-5,7H2,1-3H3. The normalized spacial score (nSPS) is 14.1. The summed E-state index contributed by atoms with van der Waals surface area (Å²) >= 11 is 1.67. The highest BCUT2D eigenvalue weighted by Gasteiger charge is 2.24. The lowest BCUT2D eigenvalue weighted by atomic mass is 10.0. The summed E-state index contributed by atoms with van der Waals surface area (Å²) in [5.41, 5.74) is -0.0803. The van der Waals surface area contributed by atoms with Gasteiger partial charge in [-0.25, -0.2) is 4.98 Å². The van der Waals surface area contributed by atoms with Crippen molar-refractivity contribution in [3.63, 3.8) is 0 Å². The van der Waals surface area contributed by atoms with Crippen LogP contribution >= 0.6 is 11.3 Å². The molecule has 0 aliphatic heterocycles. The Morgan fingerprint density at radius 1 is 1.60 bits per heavy atom. The maximum Gasteiger partial charge on any atom is 0.112 e. The van der Waals surface area contributed by atoms with E-state index in [4.69, 9.17) is 5.11 Å². The summed E-state index contributed by atoms with van der Waals surface area (Å²) in [5.74, 6) is 0. The Hall–Kier alpha value is -0.450. The van der Waals surface area contributed by atoms with Crippen molar-refractivity contribution in [2.45, 2.75) is 45.2 Å². The molecule has 3 nitrogen and oxygen atoms in total. The Kier molecular flexibility index (Phi) is 4.70. The van der Waals surface area contributed by atoms with Gasteiger partial charge in [0.15, 0.2) is 0 Å². The first-order chi connectivity index (χ1) is 7.06. The zero-order valence-corrected chi connectivity index (χ0v) is 10.5. The summed E-state index contributed by atoms with van der Waals surface area (Å²) in [7, 11) is 0. The number of aromatic nitrogens is 1. The lowest BCUT2D eigenvalue weighted by Crippen LogP contribution is -2.42. The van der Waals surface area contributed by atoms with Gasteiger partial charge >= 0.3 is 0 Å². The molecule has 0 aliphatic rings. The number of nitrogens with zero attached hydrogens (tertiary/aromatic N) is 1. The molecule has 1 heterocycles. The van der Waals surface area contributed by atoms with Crippen LogP contribution in [0.4, 0.5) is 0 Å². The van der Waals surface area contributed by atoms with E-state index in [2.05, 4.69) is 31.1 Å². The van der Waals surface area contributed by atoms with Crippen LogP contribution in [0.2, 0.25) is 0 Å². The molecule has 0 aromatic carbocycles. The molecule has 1 aromatic heterocycles. The van der Waals surface area contributed by atoms with Gasteiger partial charge in [0.1, 0.15) is 5.01 Å². The zero-order chi connectivity index (χ0) is 11.3. The number of hydrogen-bond donors (Lipinski definition) is 2. The summed E-state index contributed by atoms with van der Waals surface area (Å²) < 4.78 is 0. The molecule has 1 unspecified atom stereocenters. The Labute approximate surface area is 95.6 Å². The SMILES string of the molecule is CC(CCCO)NC(C)(C)c1nccs1. The molecular weight excluding hydrogens is 208 g/mol. The van der Waals surface area contributed by atoms with Crippen LogP contribution in [0, 0.1) is 0 Å². The molecule has 0 radical (unpaired) electrons. The summed E-state index contributed by atoms with van der Waals surface area (Å²) in [5, 5.41) is 15.4. The fraction of sp³-hybridized carbons (Fsp3) is 0.727. The minimum absolute atomic E-state index is 0.0803. The molecule has 1 rings (SSSR count). The number of thiazole rings is 1. The monoisotopic (exact) mass is 228 g/mol. The van der Waals surface area contributed by atoms with Gasteiger partial charge in [-0.3, -0.25) is 0 Å². The Bertz CT molecular complexity index is 272. The first kappa shape index (κ1) is 12.6. The van der Waals surface area contributed by atoms with E-state index >= 15 is 0 Å². The third-order valence-corrected chi connectivity index (χ3v) is 3.47. The fourth-order valence-corrected chi connectivity index (χ4v) is 2.41. The third kappa shape index (κ3) is 3.89. The van der Waals surface area contributed by atoms with Crippen molar-refractivity contribution < 1.29 is 5.11 Å². The van der Waals surface area contributed by atoms with Crippen LogP contribution in [0.1, 0.15) is 38.6 Å². The summed E-state index contributed by atoms with van der Waals surface area (Å²) in [6.45, 7) is 6.69.